The van der Waals surface area contributed by atoms with E-state index in [9.17, 15) is 4.79 Å². The number of carbonyl (C=O) groups excluding carboxylic acids is 1. The molecule has 1 amide bonds. The van der Waals surface area contributed by atoms with Crippen LogP contribution in [0.1, 0.15) is 48.0 Å². The van der Waals surface area contributed by atoms with Crippen LogP contribution in [0.4, 0.5) is 0 Å². The van der Waals surface area contributed by atoms with E-state index < -0.39 is 0 Å². The molecule has 3 rings (SSSR count). The SMILES string of the molecule is Cc1ccccc1C(=O)N(Cc1cccn1Cc1ccccc1)C(C)C(C)C. The summed E-state index contributed by atoms with van der Waals surface area (Å²) in [5, 5.41) is 0. The van der Waals surface area contributed by atoms with Crippen LogP contribution < -0.4 is 0 Å². The van der Waals surface area contributed by atoms with Crippen molar-refractivity contribution in [2.75, 3.05) is 0 Å². The average molecular weight is 375 g/mol. The maximum atomic E-state index is 13.4. The minimum absolute atomic E-state index is 0.103. The van der Waals surface area contributed by atoms with Crippen LogP contribution in [0.25, 0.3) is 0 Å². The van der Waals surface area contributed by atoms with Gasteiger partial charge >= 0.3 is 0 Å². The number of amides is 1. The number of rotatable bonds is 7. The van der Waals surface area contributed by atoms with Gasteiger partial charge in [-0.1, -0.05) is 62.4 Å². The van der Waals surface area contributed by atoms with Crippen LogP contribution in [-0.2, 0) is 13.1 Å². The summed E-state index contributed by atoms with van der Waals surface area (Å²) in [5.41, 5.74) is 4.22. The molecule has 0 aliphatic rings. The molecular weight excluding hydrogens is 344 g/mol. The Hall–Kier alpha value is -2.81. The van der Waals surface area contributed by atoms with Gasteiger partial charge in [0.1, 0.15) is 0 Å². The molecule has 0 radical (unpaired) electrons. The molecule has 0 saturated carbocycles. The van der Waals surface area contributed by atoms with Gasteiger partial charge < -0.3 is 9.47 Å². The number of carbonyl (C=O) groups is 1. The molecule has 3 heteroatoms. The average Bonchev–Trinajstić information content (AvgIpc) is 3.13. The van der Waals surface area contributed by atoms with Crippen molar-refractivity contribution in [2.24, 2.45) is 5.92 Å². The summed E-state index contributed by atoms with van der Waals surface area (Å²) in [4.78, 5) is 15.4. The van der Waals surface area contributed by atoms with Gasteiger partial charge in [0.05, 0.1) is 6.54 Å². The largest absolute Gasteiger partial charge is 0.345 e. The van der Waals surface area contributed by atoms with Gasteiger partial charge in [-0.25, -0.2) is 0 Å². The summed E-state index contributed by atoms with van der Waals surface area (Å²) >= 11 is 0. The molecule has 0 aliphatic heterocycles. The molecule has 2 aromatic carbocycles. The summed E-state index contributed by atoms with van der Waals surface area (Å²) in [7, 11) is 0. The Kier molecular flexibility index (Phi) is 6.35. The second-order valence-electron chi connectivity index (χ2n) is 7.85. The van der Waals surface area contributed by atoms with Crippen LogP contribution in [-0.4, -0.2) is 21.4 Å². The lowest BCUT2D eigenvalue weighted by Crippen LogP contribution is -2.41. The number of benzene rings is 2. The van der Waals surface area contributed by atoms with Gasteiger partial charge in [-0.15, -0.1) is 0 Å². The van der Waals surface area contributed by atoms with Crippen molar-refractivity contribution in [3.8, 4) is 0 Å². The van der Waals surface area contributed by atoms with Gasteiger partial charge in [0.15, 0.2) is 0 Å². The first kappa shape index (κ1) is 19.9. The minimum Gasteiger partial charge on any atom is -0.345 e. The van der Waals surface area contributed by atoms with E-state index in [0.717, 1.165) is 23.4 Å². The summed E-state index contributed by atoms with van der Waals surface area (Å²) in [6.45, 7) is 9.91. The molecule has 3 nitrogen and oxygen atoms in total. The first-order valence-electron chi connectivity index (χ1n) is 10.0. The standard InChI is InChI=1S/C25H30N2O/c1-19(2)21(4)27(25(28)24-15-9-8-11-20(24)3)18-23-14-10-16-26(23)17-22-12-6-5-7-13-22/h5-16,19,21H,17-18H2,1-4H3. The Morgan fingerprint density at radius 2 is 1.61 bits per heavy atom. The van der Waals surface area contributed by atoms with Crippen molar-refractivity contribution in [1.29, 1.82) is 0 Å². The quantitative estimate of drug-likeness (QED) is 0.534. The second-order valence-corrected chi connectivity index (χ2v) is 7.85. The number of nitrogens with zero attached hydrogens (tertiary/aromatic N) is 2. The van der Waals surface area contributed by atoms with Crippen molar-refractivity contribution >= 4 is 5.91 Å². The van der Waals surface area contributed by atoms with Crippen molar-refractivity contribution in [3.05, 3.63) is 95.3 Å². The second kappa shape index (κ2) is 8.92. The van der Waals surface area contributed by atoms with Crippen LogP contribution in [0.15, 0.2) is 72.9 Å². The summed E-state index contributed by atoms with van der Waals surface area (Å²) in [6.07, 6.45) is 2.10. The van der Waals surface area contributed by atoms with Crippen molar-refractivity contribution in [2.45, 2.75) is 46.8 Å². The minimum atomic E-state index is 0.103. The first-order valence-corrected chi connectivity index (χ1v) is 10.0. The van der Waals surface area contributed by atoms with Crippen LogP contribution in [0, 0.1) is 12.8 Å². The topological polar surface area (TPSA) is 25.2 Å². The summed E-state index contributed by atoms with van der Waals surface area (Å²) in [6, 6.07) is 22.6. The van der Waals surface area contributed by atoms with E-state index >= 15 is 0 Å². The molecular formula is C25H30N2O. The van der Waals surface area contributed by atoms with E-state index in [-0.39, 0.29) is 11.9 Å². The van der Waals surface area contributed by atoms with E-state index in [1.165, 1.54) is 5.56 Å². The molecule has 146 valence electrons. The molecule has 0 saturated heterocycles. The fraction of sp³-hybridized carbons (Fsp3) is 0.320. The molecule has 28 heavy (non-hydrogen) atoms. The van der Waals surface area contributed by atoms with E-state index in [1.54, 1.807) is 0 Å². The van der Waals surface area contributed by atoms with Crippen LogP contribution in [0.5, 0.6) is 0 Å². The zero-order chi connectivity index (χ0) is 20.1. The normalized spacial score (nSPS) is 12.2. The lowest BCUT2D eigenvalue weighted by atomic mass is 10.0. The molecule has 0 bridgehead atoms. The van der Waals surface area contributed by atoms with Crippen LogP contribution >= 0.6 is 0 Å². The highest BCUT2D eigenvalue weighted by Crippen LogP contribution is 2.21. The third-order valence-electron chi connectivity index (χ3n) is 5.54. The monoisotopic (exact) mass is 374 g/mol. The zero-order valence-corrected chi connectivity index (χ0v) is 17.3. The van der Waals surface area contributed by atoms with E-state index in [2.05, 4.69) is 67.9 Å². The van der Waals surface area contributed by atoms with Crippen molar-refractivity contribution in [1.82, 2.24) is 9.47 Å². The number of aromatic nitrogens is 1. The fourth-order valence-electron chi connectivity index (χ4n) is 3.43. The van der Waals surface area contributed by atoms with Gasteiger partial charge in [-0.3, -0.25) is 4.79 Å². The molecule has 0 aliphatic carbocycles. The molecule has 1 aromatic heterocycles. The Morgan fingerprint density at radius 1 is 0.929 bits per heavy atom. The highest BCUT2D eigenvalue weighted by Gasteiger charge is 2.25. The van der Waals surface area contributed by atoms with Gasteiger partial charge in [0.2, 0.25) is 0 Å². The highest BCUT2D eigenvalue weighted by atomic mass is 16.2. The highest BCUT2D eigenvalue weighted by molar-refractivity contribution is 5.95. The Balaban J connectivity index is 1.88. The first-order chi connectivity index (χ1) is 13.5. The van der Waals surface area contributed by atoms with Gasteiger partial charge in [-0.2, -0.15) is 0 Å². The number of aryl methyl sites for hydroxylation is 1. The molecule has 1 atom stereocenters. The van der Waals surface area contributed by atoms with Crippen LogP contribution in [0.2, 0.25) is 0 Å². The molecule has 0 spiro atoms. The van der Waals surface area contributed by atoms with Gasteiger partial charge in [0.25, 0.3) is 5.91 Å². The van der Waals surface area contributed by atoms with E-state index in [0.29, 0.717) is 12.5 Å². The molecule has 3 aromatic rings. The van der Waals surface area contributed by atoms with Crippen molar-refractivity contribution < 1.29 is 4.79 Å². The maximum Gasteiger partial charge on any atom is 0.254 e. The maximum absolute atomic E-state index is 13.4. The molecule has 1 unspecified atom stereocenters. The Bertz CT molecular complexity index is 911. The Labute approximate surface area is 168 Å². The molecule has 0 N–H and O–H groups in total. The van der Waals surface area contributed by atoms with E-state index in [1.807, 2.05) is 42.2 Å². The van der Waals surface area contributed by atoms with Gasteiger partial charge in [0, 0.05) is 30.0 Å². The number of hydrogen-bond donors (Lipinski definition) is 0. The number of hydrogen-bond acceptors (Lipinski definition) is 1. The lowest BCUT2D eigenvalue weighted by molar-refractivity contribution is 0.0622. The van der Waals surface area contributed by atoms with Gasteiger partial charge in [-0.05, 0) is 49.1 Å². The molecule has 0 fully saturated rings. The third kappa shape index (κ3) is 4.53. The Morgan fingerprint density at radius 3 is 2.29 bits per heavy atom. The zero-order valence-electron chi connectivity index (χ0n) is 17.3. The summed E-state index contributed by atoms with van der Waals surface area (Å²) in [5.74, 6) is 0.484. The van der Waals surface area contributed by atoms with E-state index in [4.69, 9.17) is 0 Å². The third-order valence-corrected chi connectivity index (χ3v) is 5.54. The molecule has 1 heterocycles. The summed E-state index contributed by atoms with van der Waals surface area (Å²) < 4.78 is 2.24. The fourth-order valence-corrected chi connectivity index (χ4v) is 3.43. The predicted octanol–water partition coefficient (Wildman–Crippen LogP) is 5.53. The lowest BCUT2D eigenvalue weighted by Gasteiger charge is -2.33. The predicted molar refractivity (Wildman–Crippen MR) is 115 cm³/mol. The smallest absolute Gasteiger partial charge is 0.254 e. The van der Waals surface area contributed by atoms with Crippen LogP contribution in [0.3, 0.4) is 0 Å². The van der Waals surface area contributed by atoms with Crippen molar-refractivity contribution in [3.63, 3.8) is 0 Å².